The average molecular weight is 484 g/mol. The molecule has 0 N–H and O–H groups in total. The van der Waals surface area contributed by atoms with Crippen LogP contribution in [0, 0.1) is 0 Å². The van der Waals surface area contributed by atoms with Gasteiger partial charge < -0.3 is 28.4 Å². The van der Waals surface area contributed by atoms with E-state index in [4.69, 9.17) is 28.4 Å². The molecule has 0 aromatic heterocycles. The third kappa shape index (κ3) is 5.54. The summed E-state index contributed by atoms with van der Waals surface area (Å²) in [5.41, 5.74) is 2.91. The molecule has 0 amide bonds. The molecular formula is C27H33NO7. The molecule has 2 aromatic rings. The largest absolute Gasteiger partial charge is 0.493 e. The first kappa shape index (κ1) is 26.0. The number of hydrogen-bond donors (Lipinski definition) is 0. The number of rotatable bonds is 9. The molecule has 2 aromatic carbocycles. The molecule has 0 spiro atoms. The molecule has 0 unspecified atom stereocenters. The minimum absolute atomic E-state index is 0.0165. The summed E-state index contributed by atoms with van der Waals surface area (Å²) < 4.78 is 32.7. The highest BCUT2D eigenvalue weighted by Crippen LogP contribution is 2.40. The maximum Gasteiger partial charge on any atom is 0.203 e. The van der Waals surface area contributed by atoms with Crippen LogP contribution in [0.25, 0.3) is 12.2 Å². The highest BCUT2D eigenvalue weighted by atomic mass is 16.5. The number of methoxy groups -OCH3 is 6. The molecule has 1 aliphatic heterocycles. The van der Waals surface area contributed by atoms with E-state index >= 15 is 0 Å². The van der Waals surface area contributed by atoms with E-state index in [2.05, 4.69) is 11.8 Å². The minimum Gasteiger partial charge on any atom is -0.493 e. The molecule has 0 saturated carbocycles. The molecule has 0 radical (unpaired) electrons. The Morgan fingerprint density at radius 1 is 0.657 bits per heavy atom. The molecule has 1 aliphatic rings. The van der Waals surface area contributed by atoms with Crippen LogP contribution >= 0.6 is 0 Å². The van der Waals surface area contributed by atoms with Crippen LogP contribution in [0.15, 0.2) is 35.4 Å². The average Bonchev–Trinajstić information content (AvgIpc) is 2.89. The quantitative estimate of drug-likeness (QED) is 0.494. The number of likely N-dealkylation sites (N-methyl/N-ethyl adjacent to an activating group) is 1. The van der Waals surface area contributed by atoms with Crippen molar-refractivity contribution in [2.75, 3.05) is 62.3 Å². The van der Waals surface area contributed by atoms with Crippen LogP contribution in [-0.4, -0.2) is 73.0 Å². The number of carbonyl (C=O) groups excluding carboxylic acids is 1. The van der Waals surface area contributed by atoms with Crippen LogP contribution in [0.3, 0.4) is 0 Å². The van der Waals surface area contributed by atoms with Crippen molar-refractivity contribution in [1.82, 2.24) is 4.90 Å². The van der Waals surface area contributed by atoms with Crippen LogP contribution in [-0.2, 0) is 4.79 Å². The summed E-state index contributed by atoms with van der Waals surface area (Å²) in [6.45, 7) is 3.95. The summed E-state index contributed by atoms with van der Waals surface area (Å²) in [7, 11) is 9.38. The van der Waals surface area contributed by atoms with Crippen molar-refractivity contribution in [2.45, 2.75) is 6.92 Å². The lowest BCUT2D eigenvalue weighted by Gasteiger charge is -2.28. The van der Waals surface area contributed by atoms with E-state index in [0.29, 0.717) is 58.7 Å². The van der Waals surface area contributed by atoms with Gasteiger partial charge in [-0.25, -0.2) is 0 Å². The first-order valence-corrected chi connectivity index (χ1v) is 11.2. The van der Waals surface area contributed by atoms with E-state index in [1.807, 2.05) is 36.4 Å². The molecule has 188 valence electrons. The van der Waals surface area contributed by atoms with Gasteiger partial charge in [-0.05, 0) is 54.1 Å². The minimum atomic E-state index is -0.0165. The fourth-order valence-electron chi connectivity index (χ4n) is 4.11. The lowest BCUT2D eigenvalue weighted by Crippen LogP contribution is -2.37. The molecule has 3 rings (SSSR count). The molecule has 1 heterocycles. The maximum absolute atomic E-state index is 13.5. The van der Waals surface area contributed by atoms with Crippen molar-refractivity contribution in [3.63, 3.8) is 0 Å². The van der Waals surface area contributed by atoms with Gasteiger partial charge in [-0.2, -0.15) is 0 Å². The van der Waals surface area contributed by atoms with Crippen LogP contribution in [0.5, 0.6) is 34.5 Å². The van der Waals surface area contributed by atoms with Crippen molar-refractivity contribution in [2.24, 2.45) is 0 Å². The van der Waals surface area contributed by atoms with Crippen molar-refractivity contribution < 1.29 is 33.2 Å². The number of likely N-dealkylation sites (tertiary alicyclic amines) is 1. The molecule has 8 heteroatoms. The van der Waals surface area contributed by atoms with Gasteiger partial charge in [0.25, 0.3) is 0 Å². The number of Topliss-reactive ketones (excluding diaryl/α,β-unsaturated/α-hetero) is 1. The Balaban J connectivity index is 2.06. The van der Waals surface area contributed by atoms with Crippen molar-refractivity contribution >= 4 is 17.9 Å². The number of piperidine rings is 1. The summed E-state index contributed by atoms with van der Waals surface area (Å²) in [6.07, 6.45) is 3.75. The Hall–Kier alpha value is -3.65. The number of nitrogens with zero attached hydrogens (tertiary/aromatic N) is 1. The van der Waals surface area contributed by atoms with Gasteiger partial charge in [0.1, 0.15) is 0 Å². The van der Waals surface area contributed by atoms with Gasteiger partial charge in [0.2, 0.25) is 11.5 Å². The third-order valence-corrected chi connectivity index (χ3v) is 5.87. The zero-order valence-electron chi connectivity index (χ0n) is 21.4. The Labute approximate surface area is 206 Å². The van der Waals surface area contributed by atoms with E-state index in [0.717, 1.165) is 17.7 Å². The van der Waals surface area contributed by atoms with Gasteiger partial charge in [-0.1, -0.05) is 6.92 Å². The molecule has 1 fully saturated rings. The summed E-state index contributed by atoms with van der Waals surface area (Å²) >= 11 is 0. The van der Waals surface area contributed by atoms with E-state index in [9.17, 15) is 4.79 Å². The second-order valence-electron chi connectivity index (χ2n) is 7.89. The van der Waals surface area contributed by atoms with Crippen molar-refractivity contribution in [3.8, 4) is 34.5 Å². The molecule has 8 nitrogen and oxygen atoms in total. The number of hydrogen-bond acceptors (Lipinski definition) is 8. The Morgan fingerprint density at radius 3 is 1.26 bits per heavy atom. The van der Waals surface area contributed by atoms with Gasteiger partial charge in [-0.3, -0.25) is 9.69 Å². The van der Waals surface area contributed by atoms with Crippen LogP contribution < -0.4 is 28.4 Å². The Kier molecular flexibility index (Phi) is 8.65. The maximum atomic E-state index is 13.5. The van der Waals surface area contributed by atoms with Gasteiger partial charge >= 0.3 is 0 Å². The predicted molar refractivity (Wildman–Crippen MR) is 135 cm³/mol. The lowest BCUT2D eigenvalue weighted by molar-refractivity contribution is -0.113. The number of ketones is 1. The van der Waals surface area contributed by atoms with Crippen LogP contribution in [0.1, 0.15) is 18.1 Å². The zero-order chi connectivity index (χ0) is 25.5. The van der Waals surface area contributed by atoms with Gasteiger partial charge in [-0.15, -0.1) is 0 Å². The van der Waals surface area contributed by atoms with Gasteiger partial charge in [0, 0.05) is 24.2 Å². The number of ether oxygens (including phenoxy) is 6. The Morgan fingerprint density at radius 2 is 1.00 bits per heavy atom. The predicted octanol–water partition coefficient (Wildman–Crippen LogP) is 4.11. The molecule has 35 heavy (non-hydrogen) atoms. The van der Waals surface area contributed by atoms with Crippen LogP contribution in [0.4, 0.5) is 0 Å². The summed E-state index contributed by atoms with van der Waals surface area (Å²) in [5, 5.41) is 0. The summed E-state index contributed by atoms with van der Waals surface area (Å²) in [4.78, 5) is 15.7. The van der Waals surface area contributed by atoms with Crippen molar-refractivity contribution in [1.29, 1.82) is 0 Å². The Bertz CT molecular complexity index is 1000. The molecular weight excluding hydrogens is 450 g/mol. The normalized spacial score (nSPS) is 16.4. The smallest absolute Gasteiger partial charge is 0.203 e. The topological polar surface area (TPSA) is 75.7 Å². The summed E-state index contributed by atoms with van der Waals surface area (Å²) in [5.74, 6) is 3.11. The second-order valence-corrected chi connectivity index (χ2v) is 7.89. The fourth-order valence-corrected chi connectivity index (χ4v) is 4.11. The van der Waals surface area contributed by atoms with E-state index in [1.54, 1.807) is 42.7 Å². The summed E-state index contributed by atoms with van der Waals surface area (Å²) in [6, 6.07) is 7.31. The van der Waals surface area contributed by atoms with Crippen LogP contribution in [0.2, 0.25) is 0 Å². The van der Waals surface area contributed by atoms with Gasteiger partial charge in [0.05, 0.1) is 42.7 Å². The highest BCUT2D eigenvalue weighted by Gasteiger charge is 2.26. The van der Waals surface area contributed by atoms with E-state index < -0.39 is 0 Å². The standard InChI is InChI=1S/C27H33NO7/c1-8-28-15-19(9-17-11-21(30-2)26(34-6)22(12-17)31-3)25(29)20(16-28)10-18-13-23(32-4)27(35-7)24(14-18)33-5/h9-14H,8,15-16H2,1-7H3/b19-9-,20-10+. The second kappa shape index (κ2) is 11.7. The monoisotopic (exact) mass is 483 g/mol. The number of benzene rings is 2. The van der Waals surface area contributed by atoms with E-state index in [-0.39, 0.29) is 5.78 Å². The SMILES string of the molecule is CCN1C/C(=C/c2cc(OC)c(OC)c(OC)c2)C(=O)/C(=C/c2cc(OC)c(OC)c(OC)c2)C1. The molecule has 1 saturated heterocycles. The lowest BCUT2D eigenvalue weighted by atomic mass is 9.94. The molecule has 0 aliphatic carbocycles. The fraction of sp³-hybridized carbons (Fsp3) is 0.370. The van der Waals surface area contributed by atoms with Gasteiger partial charge in [0.15, 0.2) is 28.8 Å². The highest BCUT2D eigenvalue weighted by molar-refractivity contribution is 6.14. The third-order valence-electron chi connectivity index (χ3n) is 5.87. The van der Waals surface area contributed by atoms with E-state index in [1.165, 1.54) is 0 Å². The first-order valence-electron chi connectivity index (χ1n) is 11.2. The zero-order valence-corrected chi connectivity index (χ0v) is 21.4. The first-order chi connectivity index (χ1) is 16.9. The number of carbonyl (C=O) groups is 1. The van der Waals surface area contributed by atoms with Crippen molar-refractivity contribution in [3.05, 3.63) is 46.5 Å². The molecule has 0 bridgehead atoms. The molecule has 0 atom stereocenters.